The van der Waals surface area contributed by atoms with Gasteiger partial charge in [-0.3, -0.25) is 19.0 Å². The lowest BCUT2D eigenvalue weighted by atomic mass is 9.95. The van der Waals surface area contributed by atoms with Gasteiger partial charge in [-0.25, -0.2) is 9.79 Å². The van der Waals surface area contributed by atoms with Crippen LogP contribution in [-0.4, -0.2) is 43.3 Å². The second-order valence-corrected chi connectivity index (χ2v) is 9.82. The van der Waals surface area contributed by atoms with E-state index in [1.165, 1.54) is 38.7 Å². The molecular formula is C29H28N2O9S. The molecule has 1 aliphatic heterocycles. The Morgan fingerprint density at radius 1 is 0.951 bits per heavy atom. The molecule has 0 aliphatic carbocycles. The fraction of sp³-hybridized carbons (Fsp3) is 0.276. The Morgan fingerprint density at radius 2 is 1.61 bits per heavy atom. The highest BCUT2D eigenvalue weighted by atomic mass is 32.1. The molecule has 3 aromatic rings. The molecule has 11 nitrogen and oxygen atoms in total. The molecule has 0 fully saturated rings. The number of esters is 3. The number of carbonyl (C=O) groups excluding carboxylic acids is 3. The SMILES string of the molecule is CCOC(=O)C1=C(C)N=c2s/c(=C/c3ccc(OC)c(OC(C)=O)c3)c(=O)n2C1c1ccc(OC(C)=O)c(OC)c1. The minimum absolute atomic E-state index is 0.129. The predicted octanol–water partition coefficient (Wildman–Crippen LogP) is 2.67. The number of fused-ring (bicyclic) bond motifs is 1. The zero-order chi connectivity index (χ0) is 29.8. The van der Waals surface area contributed by atoms with Crippen molar-refractivity contribution >= 4 is 35.3 Å². The Balaban J connectivity index is 1.92. The van der Waals surface area contributed by atoms with Gasteiger partial charge in [0.05, 0.1) is 42.7 Å². The van der Waals surface area contributed by atoms with Crippen LogP contribution in [0, 0.1) is 0 Å². The predicted molar refractivity (Wildman–Crippen MR) is 149 cm³/mol. The lowest BCUT2D eigenvalue weighted by Gasteiger charge is -2.25. The zero-order valence-corrected chi connectivity index (χ0v) is 24.1. The summed E-state index contributed by atoms with van der Waals surface area (Å²) < 4.78 is 28.3. The van der Waals surface area contributed by atoms with Gasteiger partial charge < -0.3 is 23.7 Å². The van der Waals surface area contributed by atoms with Crippen molar-refractivity contribution in [2.75, 3.05) is 20.8 Å². The van der Waals surface area contributed by atoms with Crippen LogP contribution in [0.15, 0.2) is 57.5 Å². The molecule has 0 spiro atoms. The molecule has 0 saturated carbocycles. The van der Waals surface area contributed by atoms with Crippen molar-refractivity contribution in [2.45, 2.75) is 33.7 Å². The highest BCUT2D eigenvalue weighted by Crippen LogP contribution is 2.36. The molecule has 2 aromatic carbocycles. The Bertz CT molecular complexity index is 1750. The number of carbonyl (C=O) groups is 3. The van der Waals surface area contributed by atoms with Gasteiger partial charge in [0.15, 0.2) is 27.8 Å². The Morgan fingerprint density at radius 3 is 2.24 bits per heavy atom. The maximum atomic E-state index is 13.9. The molecule has 12 heteroatoms. The summed E-state index contributed by atoms with van der Waals surface area (Å²) in [6, 6.07) is 8.82. The van der Waals surface area contributed by atoms with Gasteiger partial charge in [0, 0.05) is 13.8 Å². The lowest BCUT2D eigenvalue weighted by molar-refractivity contribution is -0.139. The van der Waals surface area contributed by atoms with Crippen molar-refractivity contribution in [1.29, 1.82) is 0 Å². The molecule has 1 atom stereocenters. The number of rotatable bonds is 8. The van der Waals surface area contributed by atoms with Crippen LogP contribution < -0.4 is 33.8 Å². The van der Waals surface area contributed by atoms with Crippen LogP contribution in [0.4, 0.5) is 0 Å². The first kappa shape index (κ1) is 29.3. The average Bonchev–Trinajstić information content (AvgIpc) is 3.21. The third-order valence-corrected chi connectivity index (χ3v) is 7.00. The molecule has 1 aliphatic rings. The van der Waals surface area contributed by atoms with Gasteiger partial charge in [0.25, 0.3) is 5.56 Å². The van der Waals surface area contributed by atoms with Crippen molar-refractivity contribution in [3.05, 3.63) is 78.5 Å². The fourth-order valence-corrected chi connectivity index (χ4v) is 5.42. The molecule has 0 bridgehead atoms. The molecule has 4 rings (SSSR count). The molecule has 1 aromatic heterocycles. The second kappa shape index (κ2) is 12.2. The zero-order valence-electron chi connectivity index (χ0n) is 23.3. The van der Waals surface area contributed by atoms with Gasteiger partial charge >= 0.3 is 17.9 Å². The number of nitrogens with zero attached hydrogens (tertiary/aromatic N) is 2. The molecule has 0 N–H and O–H groups in total. The number of benzene rings is 2. The molecule has 41 heavy (non-hydrogen) atoms. The van der Waals surface area contributed by atoms with Crippen LogP contribution in [0.1, 0.15) is 44.9 Å². The van der Waals surface area contributed by atoms with Crippen LogP contribution in [0.3, 0.4) is 0 Å². The van der Waals surface area contributed by atoms with Crippen LogP contribution in [-0.2, 0) is 19.1 Å². The normalized spacial score (nSPS) is 14.6. The number of methoxy groups -OCH3 is 2. The number of hydrogen-bond acceptors (Lipinski definition) is 11. The van der Waals surface area contributed by atoms with Crippen molar-refractivity contribution in [3.8, 4) is 23.0 Å². The number of ether oxygens (including phenoxy) is 5. The molecule has 214 valence electrons. The Hall–Kier alpha value is -4.71. The fourth-order valence-electron chi connectivity index (χ4n) is 4.37. The minimum Gasteiger partial charge on any atom is -0.493 e. The van der Waals surface area contributed by atoms with E-state index in [0.717, 1.165) is 11.3 Å². The van der Waals surface area contributed by atoms with Gasteiger partial charge in [0.1, 0.15) is 0 Å². The van der Waals surface area contributed by atoms with E-state index in [1.807, 2.05) is 0 Å². The Labute approximate surface area is 238 Å². The quantitative estimate of drug-likeness (QED) is 0.291. The van der Waals surface area contributed by atoms with Gasteiger partial charge in [-0.2, -0.15) is 0 Å². The van der Waals surface area contributed by atoms with E-state index in [1.54, 1.807) is 50.3 Å². The number of aromatic nitrogens is 1. The van der Waals surface area contributed by atoms with Gasteiger partial charge in [-0.15, -0.1) is 0 Å². The van der Waals surface area contributed by atoms with Gasteiger partial charge in [-0.05, 0) is 55.3 Å². The minimum atomic E-state index is -0.903. The second-order valence-electron chi connectivity index (χ2n) is 8.81. The van der Waals surface area contributed by atoms with Crippen molar-refractivity contribution in [2.24, 2.45) is 4.99 Å². The van der Waals surface area contributed by atoms with Gasteiger partial charge in [0.2, 0.25) is 0 Å². The molecule has 0 amide bonds. The summed E-state index contributed by atoms with van der Waals surface area (Å²) in [5, 5.41) is 0. The van der Waals surface area contributed by atoms with Crippen LogP contribution >= 0.6 is 11.3 Å². The largest absolute Gasteiger partial charge is 0.493 e. The third kappa shape index (κ3) is 6.07. The van der Waals surface area contributed by atoms with E-state index >= 15 is 0 Å². The van der Waals surface area contributed by atoms with E-state index in [9.17, 15) is 19.2 Å². The standard InChI is InChI=1S/C29H28N2O9S/c1-7-38-28(35)25-15(2)30-29-31(26(25)19-9-11-21(39-16(3)32)22(14-19)37-6)27(34)24(41-29)13-18-8-10-20(36-5)23(12-18)40-17(4)33/h8-14,26H,7H2,1-6H3/b24-13+. The maximum absolute atomic E-state index is 13.9. The van der Waals surface area contributed by atoms with Crippen molar-refractivity contribution < 1.29 is 38.1 Å². The Kier molecular flexibility index (Phi) is 8.72. The first-order valence-electron chi connectivity index (χ1n) is 12.5. The molecular weight excluding hydrogens is 552 g/mol. The number of allylic oxidation sites excluding steroid dienone is 1. The van der Waals surface area contributed by atoms with Crippen LogP contribution in [0.5, 0.6) is 23.0 Å². The highest BCUT2D eigenvalue weighted by molar-refractivity contribution is 7.07. The van der Waals surface area contributed by atoms with Crippen LogP contribution in [0.2, 0.25) is 0 Å². The molecule has 1 unspecified atom stereocenters. The van der Waals surface area contributed by atoms with E-state index in [4.69, 9.17) is 23.7 Å². The summed E-state index contributed by atoms with van der Waals surface area (Å²) in [5.74, 6) is -0.650. The first-order valence-corrected chi connectivity index (χ1v) is 13.3. The number of thiazole rings is 1. The summed E-state index contributed by atoms with van der Waals surface area (Å²) in [4.78, 5) is 55.1. The molecule has 0 radical (unpaired) electrons. The summed E-state index contributed by atoms with van der Waals surface area (Å²) in [7, 11) is 2.88. The summed E-state index contributed by atoms with van der Waals surface area (Å²) in [5.41, 5.74) is 1.28. The van der Waals surface area contributed by atoms with E-state index < -0.39 is 29.5 Å². The topological polar surface area (TPSA) is 132 Å². The van der Waals surface area contributed by atoms with Gasteiger partial charge in [-0.1, -0.05) is 23.5 Å². The van der Waals surface area contributed by atoms with E-state index in [2.05, 4.69) is 4.99 Å². The molecule has 2 heterocycles. The monoisotopic (exact) mass is 580 g/mol. The van der Waals surface area contributed by atoms with Crippen LogP contribution in [0.25, 0.3) is 6.08 Å². The molecule has 0 saturated heterocycles. The first-order chi connectivity index (χ1) is 19.6. The van der Waals surface area contributed by atoms with E-state index in [-0.39, 0.29) is 29.4 Å². The van der Waals surface area contributed by atoms with Crippen molar-refractivity contribution in [3.63, 3.8) is 0 Å². The van der Waals surface area contributed by atoms with Crippen molar-refractivity contribution in [1.82, 2.24) is 4.57 Å². The average molecular weight is 581 g/mol. The third-order valence-electron chi connectivity index (χ3n) is 6.01. The summed E-state index contributed by atoms with van der Waals surface area (Å²) in [6.07, 6.45) is 1.64. The smallest absolute Gasteiger partial charge is 0.338 e. The number of hydrogen-bond donors (Lipinski definition) is 0. The summed E-state index contributed by atoms with van der Waals surface area (Å²) in [6.45, 7) is 6.04. The maximum Gasteiger partial charge on any atom is 0.338 e. The lowest BCUT2D eigenvalue weighted by Crippen LogP contribution is -2.40. The van der Waals surface area contributed by atoms with E-state index in [0.29, 0.717) is 31.9 Å². The summed E-state index contributed by atoms with van der Waals surface area (Å²) >= 11 is 1.14. The highest BCUT2D eigenvalue weighted by Gasteiger charge is 2.34.